The Labute approximate surface area is 69.3 Å². The van der Waals surface area contributed by atoms with Crippen LogP contribution in [0.5, 0.6) is 0 Å². The highest BCUT2D eigenvalue weighted by atomic mass is 19.4. The minimum atomic E-state index is -4.33. The largest absolute Gasteiger partial charge is 0.423 e. The van der Waals surface area contributed by atoms with Gasteiger partial charge in [0.25, 0.3) is 0 Å². The second-order valence-electron chi connectivity index (χ2n) is 1.99. The van der Waals surface area contributed by atoms with E-state index in [0.717, 1.165) is 12.3 Å². The number of allylic oxidation sites excluding steroid dienone is 3. The van der Waals surface area contributed by atoms with Gasteiger partial charge >= 0.3 is 6.18 Å². The monoisotopic (exact) mass is 177 g/mol. The number of hydrogen-bond donors (Lipinski definition) is 1. The minimum absolute atomic E-state index is 0.792. The van der Waals surface area contributed by atoms with E-state index in [0.29, 0.717) is 0 Å². The summed E-state index contributed by atoms with van der Waals surface area (Å²) >= 11 is 0. The lowest BCUT2D eigenvalue weighted by Crippen LogP contribution is -2.09. The number of rotatable bonds is 2. The Morgan fingerprint density at radius 1 is 1.42 bits per heavy atom. The van der Waals surface area contributed by atoms with E-state index >= 15 is 0 Å². The summed E-state index contributed by atoms with van der Waals surface area (Å²) in [5.41, 5.74) is 1.29. The molecule has 1 N–H and O–H groups in total. The molecule has 0 saturated carbocycles. The van der Waals surface area contributed by atoms with Crippen molar-refractivity contribution in [1.82, 2.24) is 5.32 Å². The zero-order valence-corrected chi connectivity index (χ0v) is 6.87. The van der Waals surface area contributed by atoms with Gasteiger partial charge in [-0.25, -0.2) is 0 Å². The number of nitrogens with one attached hydrogen (secondary N) is 1. The SMILES string of the molecule is C/C=C\C(=C=CNC)C(F)(F)F. The van der Waals surface area contributed by atoms with E-state index in [9.17, 15) is 13.2 Å². The summed E-state index contributed by atoms with van der Waals surface area (Å²) in [5.74, 6) is 0. The van der Waals surface area contributed by atoms with E-state index in [1.807, 2.05) is 0 Å². The van der Waals surface area contributed by atoms with E-state index in [2.05, 4.69) is 11.0 Å². The van der Waals surface area contributed by atoms with Gasteiger partial charge in [0.15, 0.2) is 0 Å². The van der Waals surface area contributed by atoms with Gasteiger partial charge in [-0.1, -0.05) is 11.8 Å². The number of alkyl halides is 3. The number of halogens is 3. The number of hydrogen-bond acceptors (Lipinski definition) is 1. The zero-order valence-electron chi connectivity index (χ0n) is 6.87. The molecular formula is C8H10F3N. The van der Waals surface area contributed by atoms with Crippen LogP contribution in [-0.4, -0.2) is 13.2 Å². The Balaban J connectivity index is 4.80. The molecule has 0 aliphatic heterocycles. The summed E-state index contributed by atoms with van der Waals surface area (Å²) in [6.07, 6.45) is -0.935. The molecule has 68 valence electrons. The van der Waals surface area contributed by atoms with Gasteiger partial charge in [0, 0.05) is 13.2 Å². The molecule has 12 heavy (non-hydrogen) atoms. The van der Waals surface area contributed by atoms with Crippen molar-refractivity contribution in [2.24, 2.45) is 0 Å². The van der Waals surface area contributed by atoms with Crippen LogP contribution < -0.4 is 5.32 Å². The average molecular weight is 177 g/mol. The standard InChI is InChI=1S/C8H10F3N/c1-3-4-7(5-6-12-2)8(9,10)11/h3-4,6,12H,1-2H3/b4-3-. The third kappa shape index (κ3) is 3.88. The maximum atomic E-state index is 12.0. The molecule has 0 aromatic carbocycles. The second-order valence-corrected chi connectivity index (χ2v) is 1.99. The van der Waals surface area contributed by atoms with Crippen LogP contribution in [0.2, 0.25) is 0 Å². The fourth-order valence-corrected chi connectivity index (χ4v) is 0.541. The van der Waals surface area contributed by atoms with Gasteiger partial charge in [-0.3, -0.25) is 0 Å². The first-order valence-corrected chi connectivity index (χ1v) is 3.34. The first-order valence-electron chi connectivity index (χ1n) is 3.34. The van der Waals surface area contributed by atoms with Crippen LogP contribution >= 0.6 is 0 Å². The first kappa shape index (κ1) is 10.8. The van der Waals surface area contributed by atoms with Gasteiger partial charge in [-0.15, -0.1) is 0 Å². The molecule has 0 unspecified atom stereocenters. The fourth-order valence-electron chi connectivity index (χ4n) is 0.541. The average Bonchev–Trinajstić information content (AvgIpc) is 1.95. The van der Waals surface area contributed by atoms with Crippen LogP contribution in [0.25, 0.3) is 0 Å². The van der Waals surface area contributed by atoms with Crippen molar-refractivity contribution >= 4 is 0 Å². The molecule has 0 rings (SSSR count). The highest BCUT2D eigenvalue weighted by molar-refractivity contribution is 5.22. The molecule has 0 saturated heterocycles. The van der Waals surface area contributed by atoms with Gasteiger partial charge in [-0.05, 0) is 13.0 Å². The summed E-state index contributed by atoms with van der Waals surface area (Å²) in [7, 11) is 1.51. The Morgan fingerprint density at radius 3 is 2.33 bits per heavy atom. The molecule has 0 heterocycles. The fraction of sp³-hybridized carbons (Fsp3) is 0.375. The molecule has 4 heteroatoms. The van der Waals surface area contributed by atoms with Gasteiger partial charge in [0.1, 0.15) is 0 Å². The molecule has 0 spiro atoms. The molecular weight excluding hydrogens is 167 g/mol. The highest BCUT2D eigenvalue weighted by Crippen LogP contribution is 2.25. The third-order valence-electron chi connectivity index (χ3n) is 1.01. The Kier molecular flexibility index (Phi) is 4.22. The van der Waals surface area contributed by atoms with Crippen LogP contribution in [0.4, 0.5) is 13.2 Å². The summed E-state index contributed by atoms with van der Waals surface area (Å²) in [5, 5.41) is 2.44. The first-order chi connectivity index (χ1) is 5.52. The zero-order chi connectivity index (χ0) is 9.61. The third-order valence-corrected chi connectivity index (χ3v) is 1.01. The topological polar surface area (TPSA) is 12.0 Å². The van der Waals surface area contributed by atoms with Gasteiger partial charge in [0.2, 0.25) is 0 Å². The molecule has 0 amide bonds. The van der Waals surface area contributed by atoms with E-state index in [1.54, 1.807) is 0 Å². The van der Waals surface area contributed by atoms with E-state index in [4.69, 9.17) is 0 Å². The predicted molar refractivity (Wildman–Crippen MR) is 41.5 cm³/mol. The molecule has 0 aliphatic carbocycles. The van der Waals surface area contributed by atoms with Crippen LogP contribution in [0, 0.1) is 0 Å². The van der Waals surface area contributed by atoms with Crippen molar-refractivity contribution < 1.29 is 13.2 Å². The molecule has 0 bridgehead atoms. The normalized spacial score (nSPS) is 11.1. The summed E-state index contributed by atoms with van der Waals surface area (Å²) in [6.45, 7) is 1.52. The lowest BCUT2D eigenvalue weighted by molar-refractivity contribution is -0.0880. The molecule has 1 nitrogen and oxygen atoms in total. The predicted octanol–water partition coefficient (Wildman–Crippen LogP) is 2.38. The van der Waals surface area contributed by atoms with Gasteiger partial charge in [-0.2, -0.15) is 13.2 Å². The van der Waals surface area contributed by atoms with Crippen molar-refractivity contribution in [3.8, 4) is 0 Å². The van der Waals surface area contributed by atoms with Crippen molar-refractivity contribution in [1.29, 1.82) is 0 Å². The van der Waals surface area contributed by atoms with E-state index in [-0.39, 0.29) is 0 Å². The molecule has 0 aromatic heterocycles. The second kappa shape index (κ2) is 4.67. The van der Waals surface area contributed by atoms with Crippen molar-refractivity contribution in [2.75, 3.05) is 7.05 Å². The molecule has 0 aromatic rings. The van der Waals surface area contributed by atoms with Crippen molar-refractivity contribution in [3.05, 3.63) is 29.7 Å². The maximum absolute atomic E-state index is 12.0. The molecule has 0 atom stereocenters. The smallest absolute Gasteiger partial charge is 0.388 e. The van der Waals surface area contributed by atoms with Gasteiger partial charge in [0.05, 0.1) is 5.57 Å². The lowest BCUT2D eigenvalue weighted by Gasteiger charge is -2.03. The van der Waals surface area contributed by atoms with E-state index < -0.39 is 11.7 Å². The quantitative estimate of drug-likeness (QED) is 0.504. The van der Waals surface area contributed by atoms with Crippen molar-refractivity contribution in [3.63, 3.8) is 0 Å². The van der Waals surface area contributed by atoms with Gasteiger partial charge < -0.3 is 5.32 Å². The van der Waals surface area contributed by atoms with Crippen LogP contribution in [0.1, 0.15) is 6.92 Å². The van der Waals surface area contributed by atoms with Crippen LogP contribution in [0.3, 0.4) is 0 Å². The van der Waals surface area contributed by atoms with E-state index in [1.165, 1.54) is 20.0 Å². The maximum Gasteiger partial charge on any atom is 0.423 e. The minimum Gasteiger partial charge on any atom is -0.388 e. The summed E-state index contributed by atoms with van der Waals surface area (Å²) in [6, 6.07) is 0. The molecule has 0 aliphatic rings. The summed E-state index contributed by atoms with van der Waals surface area (Å²) in [4.78, 5) is 0. The van der Waals surface area contributed by atoms with Crippen LogP contribution in [-0.2, 0) is 0 Å². The molecule has 0 radical (unpaired) electrons. The summed E-state index contributed by atoms with van der Waals surface area (Å²) < 4.78 is 36.1. The Bertz CT molecular complexity index is 219. The lowest BCUT2D eigenvalue weighted by atomic mass is 10.2. The Hall–Kier alpha value is -1.15. The molecule has 0 fully saturated rings. The van der Waals surface area contributed by atoms with Crippen LogP contribution in [0.15, 0.2) is 29.7 Å². The highest BCUT2D eigenvalue weighted by Gasteiger charge is 2.31. The Morgan fingerprint density at radius 2 is 2.00 bits per heavy atom. The van der Waals surface area contributed by atoms with Crippen molar-refractivity contribution in [2.45, 2.75) is 13.1 Å².